The molecule has 1 heterocycles. The third kappa shape index (κ3) is 3.05. The molecule has 1 aromatic rings. The molecule has 1 saturated heterocycles. The highest BCUT2D eigenvalue weighted by molar-refractivity contribution is 9.10. The number of amides is 1. The van der Waals surface area contributed by atoms with Crippen molar-refractivity contribution in [3.8, 4) is 0 Å². The summed E-state index contributed by atoms with van der Waals surface area (Å²) < 4.78 is 6.17. The molecule has 1 fully saturated rings. The van der Waals surface area contributed by atoms with Crippen molar-refractivity contribution >= 4 is 27.5 Å². The van der Waals surface area contributed by atoms with E-state index in [1.54, 1.807) is 7.11 Å². The zero-order valence-corrected chi connectivity index (χ0v) is 13.5. The van der Waals surface area contributed by atoms with E-state index in [9.17, 15) is 4.79 Å². The Bertz CT molecular complexity index is 485. The second kappa shape index (κ2) is 6.70. The van der Waals surface area contributed by atoms with E-state index in [4.69, 9.17) is 4.74 Å². The van der Waals surface area contributed by atoms with Crippen LogP contribution in [-0.4, -0.2) is 26.1 Å². The van der Waals surface area contributed by atoms with E-state index in [0.717, 1.165) is 41.7 Å². The van der Waals surface area contributed by atoms with E-state index in [1.165, 1.54) is 0 Å². The number of anilines is 1. The number of rotatable bonds is 5. The zero-order chi connectivity index (χ0) is 14.6. The fraction of sp³-hybridized carbons (Fsp3) is 0.533. The normalized spacial score (nSPS) is 21.9. The topological polar surface area (TPSA) is 50.4 Å². The van der Waals surface area contributed by atoms with Gasteiger partial charge in [-0.05, 0) is 31.5 Å². The van der Waals surface area contributed by atoms with Gasteiger partial charge >= 0.3 is 0 Å². The van der Waals surface area contributed by atoms with Crippen LogP contribution in [0.1, 0.15) is 25.3 Å². The number of benzene rings is 1. The molecule has 4 nitrogen and oxygen atoms in total. The summed E-state index contributed by atoms with van der Waals surface area (Å²) in [5.74, 6) is 0.0976. The minimum absolute atomic E-state index is 0.0976. The molecule has 20 heavy (non-hydrogen) atoms. The number of nitrogens with one attached hydrogen (secondary N) is 2. The van der Waals surface area contributed by atoms with Crippen molar-refractivity contribution in [2.75, 3.05) is 25.5 Å². The Morgan fingerprint density at radius 1 is 1.55 bits per heavy atom. The quantitative estimate of drug-likeness (QED) is 0.866. The van der Waals surface area contributed by atoms with Crippen molar-refractivity contribution < 1.29 is 9.53 Å². The fourth-order valence-corrected chi connectivity index (χ4v) is 3.10. The molecule has 110 valence electrons. The molecular formula is C15H21BrN2O2. The summed E-state index contributed by atoms with van der Waals surface area (Å²) in [6.45, 7) is 4.20. The average molecular weight is 341 g/mol. The molecule has 1 aliphatic rings. The lowest BCUT2D eigenvalue weighted by Crippen LogP contribution is -2.37. The fourth-order valence-electron chi connectivity index (χ4n) is 2.62. The molecule has 1 amide bonds. The van der Waals surface area contributed by atoms with Crippen LogP contribution >= 0.6 is 15.9 Å². The standard InChI is InChI=1S/C15H21BrN2O2/c1-3-15(7-8-17-10-15)14(19)18-13-6-4-5-12(16)11(13)9-20-2/h4-6,17H,3,7-10H2,1-2H3,(H,18,19). The van der Waals surface area contributed by atoms with Crippen LogP contribution in [0.15, 0.2) is 22.7 Å². The Labute approximate surface area is 128 Å². The summed E-state index contributed by atoms with van der Waals surface area (Å²) in [4.78, 5) is 12.6. The average Bonchev–Trinajstić information content (AvgIpc) is 2.93. The number of ether oxygens (including phenoxy) is 1. The second-order valence-electron chi connectivity index (χ2n) is 5.21. The molecule has 1 atom stereocenters. The van der Waals surface area contributed by atoms with Gasteiger partial charge in [-0.15, -0.1) is 0 Å². The number of carbonyl (C=O) groups excluding carboxylic acids is 1. The summed E-state index contributed by atoms with van der Waals surface area (Å²) >= 11 is 3.51. The highest BCUT2D eigenvalue weighted by atomic mass is 79.9. The Balaban J connectivity index is 2.21. The van der Waals surface area contributed by atoms with Gasteiger partial charge in [-0.25, -0.2) is 0 Å². The Morgan fingerprint density at radius 2 is 2.35 bits per heavy atom. The molecule has 5 heteroatoms. The summed E-state index contributed by atoms with van der Waals surface area (Å²) in [6.07, 6.45) is 1.74. The van der Waals surface area contributed by atoms with Crippen molar-refractivity contribution in [1.29, 1.82) is 0 Å². The van der Waals surface area contributed by atoms with Crippen molar-refractivity contribution in [1.82, 2.24) is 5.32 Å². The minimum atomic E-state index is -0.285. The second-order valence-corrected chi connectivity index (χ2v) is 6.07. The number of hydrogen-bond donors (Lipinski definition) is 2. The van der Waals surface area contributed by atoms with E-state index in [0.29, 0.717) is 6.61 Å². The van der Waals surface area contributed by atoms with E-state index in [1.807, 2.05) is 18.2 Å². The maximum atomic E-state index is 12.6. The molecule has 0 aromatic heterocycles. The van der Waals surface area contributed by atoms with Crippen molar-refractivity contribution in [3.63, 3.8) is 0 Å². The van der Waals surface area contributed by atoms with Crippen LogP contribution in [-0.2, 0) is 16.1 Å². The number of methoxy groups -OCH3 is 1. The van der Waals surface area contributed by atoms with Gasteiger partial charge in [-0.3, -0.25) is 4.79 Å². The third-order valence-electron chi connectivity index (χ3n) is 4.06. The van der Waals surface area contributed by atoms with Gasteiger partial charge in [0.05, 0.1) is 12.0 Å². The molecule has 1 aliphatic heterocycles. The molecule has 1 aromatic carbocycles. The predicted octanol–water partition coefficient (Wildman–Crippen LogP) is 2.92. The number of hydrogen-bond acceptors (Lipinski definition) is 3. The Hall–Kier alpha value is -0.910. The van der Waals surface area contributed by atoms with Gasteiger partial charge in [0.25, 0.3) is 0 Å². The van der Waals surface area contributed by atoms with E-state index in [-0.39, 0.29) is 11.3 Å². The molecule has 2 rings (SSSR count). The highest BCUT2D eigenvalue weighted by Gasteiger charge is 2.39. The molecule has 2 N–H and O–H groups in total. The van der Waals surface area contributed by atoms with Crippen molar-refractivity contribution in [3.05, 3.63) is 28.2 Å². The molecule has 0 spiro atoms. The smallest absolute Gasteiger partial charge is 0.231 e. The van der Waals surface area contributed by atoms with Gasteiger partial charge in [0.15, 0.2) is 0 Å². The largest absolute Gasteiger partial charge is 0.380 e. The van der Waals surface area contributed by atoms with E-state index >= 15 is 0 Å². The van der Waals surface area contributed by atoms with Crippen LogP contribution in [0.2, 0.25) is 0 Å². The van der Waals surface area contributed by atoms with Gasteiger partial charge < -0.3 is 15.4 Å². The first-order valence-electron chi connectivity index (χ1n) is 6.91. The van der Waals surface area contributed by atoms with Crippen LogP contribution in [0, 0.1) is 5.41 Å². The van der Waals surface area contributed by atoms with Gasteiger partial charge in [0, 0.05) is 29.4 Å². The van der Waals surface area contributed by atoms with Crippen molar-refractivity contribution in [2.24, 2.45) is 5.41 Å². The van der Waals surface area contributed by atoms with E-state index in [2.05, 4.69) is 33.5 Å². The number of halogens is 1. The first kappa shape index (κ1) is 15.5. The molecule has 0 aliphatic carbocycles. The molecule has 1 unspecified atom stereocenters. The van der Waals surface area contributed by atoms with Crippen LogP contribution in [0.5, 0.6) is 0 Å². The SMILES string of the molecule is CCC1(C(=O)Nc2cccc(Br)c2COC)CCNC1. The first-order valence-corrected chi connectivity index (χ1v) is 7.71. The Morgan fingerprint density at radius 3 is 2.95 bits per heavy atom. The zero-order valence-electron chi connectivity index (χ0n) is 12.0. The summed E-state index contributed by atoms with van der Waals surface area (Å²) in [5.41, 5.74) is 1.51. The Kier molecular flexibility index (Phi) is 5.18. The van der Waals surface area contributed by atoms with E-state index < -0.39 is 0 Å². The van der Waals surface area contributed by atoms with Gasteiger partial charge in [-0.1, -0.05) is 28.9 Å². The molecule has 0 saturated carbocycles. The molecular weight excluding hydrogens is 320 g/mol. The summed E-state index contributed by atoms with van der Waals surface area (Å²) in [7, 11) is 1.65. The number of carbonyl (C=O) groups is 1. The van der Waals surface area contributed by atoms with Crippen LogP contribution < -0.4 is 10.6 Å². The molecule has 0 radical (unpaired) electrons. The lowest BCUT2D eigenvalue weighted by atomic mass is 9.83. The van der Waals surface area contributed by atoms with Crippen molar-refractivity contribution in [2.45, 2.75) is 26.4 Å². The van der Waals surface area contributed by atoms with Gasteiger partial charge in [0.2, 0.25) is 5.91 Å². The minimum Gasteiger partial charge on any atom is -0.380 e. The van der Waals surface area contributed by atoms with Gasteiger partial charge in [-0.2, -0.15) is 0 Å². The summed E-state index contributed by atoms with van der Waals surface area (Å²) in [5, 5.41) is 6.37. The lowest BCUT2D eigenvalue weighted by molar-refractivity contribution is -0.124. The van der Waals surface area contributed by atoms with Crippen LogP contribution in [0.25, 0.3) is 0 Å². The maximum absolute atomic E-state index is 12.6. The lowest BCUT2D eigenvalue weighted by Gasteiger charge is -2.26. The highest BCUT2D eigenvalue weighted by Crippen LogP contribution is 2.32. The monoisotopic (exact) mass is 340 g/mol. The van der Waals surface area contributed by atoms with Crippen LogP contribution in [0.3, 0.4) is 0 Å². The molecule has 0 bridgehead atoms. The van der Waals surface area contributed by atoms with Crippen LogP contribution in [0.4, 0.5) is 5.69 Å². The van der Waals surface area contributed by atoms with Gasteiger partial charge in [0.1, 0.15) is 0 Å². The maximum Gasteiger partial charge on any atom is 0.231 e. The first-order chi connectivity index (χ1) is 9.63. The predicted molar refractivity (Wildman–Crippen MR) is 83.7 cm³/mol. The third-order valence-corrected chi connectivity index (χ3v) is 4.80. The summed E-state index contributed by atoms with van der Waals surface area (Å²) in [6, 6.07) is 5.80.